The lowest BCUT2D eigenvalue weighted by atomic mass is 10.0. The van der Waals surface area contributed by atoms with Crippen molar-refractivity contribution in [1.82, 2.24) is 9.78 Å². The van der Waals surface area contributed by atoms with E-state index in [-0.39, 0.29) is 5.91 Å². The summed E-state index contributed by atoms with van der Waals surface area (Å²) in [6.07, 6.45) is 3.26. The molecule has 0 atom stereocenters. The molecule has 1 aromatic heterocycles. The third-order valence-corrected chi connectivity index (χ3v) is 4.27. The lowest BCUT2D eigenvalue weighted by Crippen LogP contribution is -2.19. The summed E-state index contributed by atoms with van der Waals surface area (Å²) in [7, 11) is 0. The number of nitrogens with zero attached hydrogens (tertiary/aromatic N) is 2. The van der Waals surface area contributed by atoms with Gasteiger partial charge in [0.2, 0.25) is 5.91 Å². The molecule has 2 heterocycles. The van der Waals surface area contributed by atoms with E-state index in [2.05, 4.69) is 22.5 Å². The highest BCUT2D eigenvalue weighted by Crippen LogP contribution is 2.26. The van der Waals surface area contributed by atoms with E-state index >= 15 is 0 Å². The number of carbonyl (C=O) groups excluding carboxylic acids is 1. The molecule has 0 saturated carbocycles. The van der Waals surface area contributed by atoms with Crippen LogP contribution in [0, 0.1) is 0 Å². The highest BCUT2D eigenvalue weighted by molar-refractivity contribution is 5.93. The van der Waals surface area contributed by atoms with Crippen LogP contribution in [-0.2, 0) is 17.8 Å². The minimum absolute atomic E-state index is 0.0778. The minimum atomic E-state index is 0.0778. The molecule has 0 saturated heterocycles. The van der Waals surface area contributed by atoms with Gasteiger partial charge in [0.15, 0.2) is 0 Å². The van der Waals surface area contributed by atoms with Crippen molar-refractivity contribution in [1.29, 1.82) is 0 Å². The molecule has 0 unspecified atom stereocenters. The molecule has 25 heavy (non-hydrogen) atoms. The molecule has 0 aliphatic carbocycles. The Morgan fingerprint density at radius 1 is 1.08 bits per heavy atom. The van der Waals surface area contributed by atoms with Crippen LogP contribution < -0.4 is 10.1 Å². The van der Waals surface area contributed by atoms with Gasteiger partial charge in [0.1, 0.15) is 12.4 Å². The second-order valence-corrected chi connectivity index (χ2v) is 6.05. The van der Waals surface area contributed by atoms with Gasteiger partial charge in [-0.25, -0.2) is 0 Å². The maximum absolute atomic E-state index is 11.4. The molecule has 126 valence electrons. The number of anilines is 1. The topological polar surface area (TPSA) is 56.2 Å². The maximum Gasteiger partial charge on any atom is 0.224 e. The van der Waals surface area contributed by atoms with Crippen LogP contribution in [0.3, 0.4) is 0 Å². The number of hydrogen-bond donors (Lipinski definition) is 1. The van der Waals surface area contributed by atoms with Crippen molar-refractivity contribution in [3.8, 4) is 17.0 Å². The van der Waals surface area contributed by atoms with Crippen molar-refractivity contribution in [3.63, 3.8) is 0 Å². The second kappa shape index (κ2) is 6.81. The predicted molar refractivity (Wildman–Crippen MR) is 96.6 cm³/mol. The fourth-order valence-corrected chi connectivity index (χ4v) is 2.96. The Morgan fingerprint density at radius 2 is 1.96 bits per heavy atom. The standard InChI is InChI=1S/C20H19N3O2/c24-20-9-6-16-14-17(7-8-18(16)21-20)25-13-12-23-11-10-19(22-23)15-4-2-1-3-5-15/h1-5,7-8,10-11,14H,6,9,12-13H2,(H,21,24). The maximum atomic E-state index is 11.4. The van der Waals surface area contributed by atoms with Gasteiger partial charge >= 0.3 is 0 Å². The van der Waals surface area contributed by atoms with Gasteiger partial charge in [0.05, 0.1) is 12.2 Å². The summed E-state index contributed by atoms with van der Waals surface area (Å²) in [6.45, 7) is 1.22. The number of rotatable bonds is 5. The zero-order valence-corrected chi connectivity index (χ0v) is 13.8. The Morgan fingerprint density at radius 3 is 2.84 bits per heavy atom. The molecule has 1 aliphatic heterocycles. The van der Waals surface area contributed by atoms with E-state index in [1.54, 1.807) is 0 Å². The molecule has 0 bridgehead atoms. The molecule has 4 rings (SSSR count). The fourth-order valence-electron chi connectivity index (χ4n) is 2.96. The minimum Gasteiger partial charge on any atom is -0.492 e. The van der Waals surface area contributed by atoms with Crippen LogP contribution in [0.15, 0.2) is 60.8 Å². The van der Waals surface area contributed by atoms with Gasteiger partial charge < -0.3 is 10.1 Å². The predicted octanol–water partition coefficient (Wildman–Crippen LogP) is 3.51. The summed E-state index contributed by atoms with van der Waals surface area (Å²) in [5.41, 5.74) is 4.09. The normalized spacial score (nSPS) is 13.2. The van der Waals surface area contributed by atoms with Gasteiger partial charge in [0, 0.05) is 23.9 Å². The van der Waals surface area contributed by atoms with E-state index < -0.39 is 0 Å². The Balaban J connectivity index is 1.35. The summed E-state index contributed by atoms with van der Waals surface area (Å²) in [4.78, 5) is 11.4. The molecule has 1 N–H and O–H groups in total. The van der Waals surface area contributed by atoms with Crippen LogP contribution in [0.1, 0.15) is 12.0 Å². The average Bonchev–Trinajstić information content (AvgIpc) is 3.11. The van der Waals surface area contributed by atoms with E-state index in [4.69, 9.17) is 4.74 Å². The third-order valence-electron chi connectivity index (χ3n) is 4.27. The second-order valence-electron chi connectivity index (χ2n) is 6.05. The zero-order valence-electron chi connectivity index (χ0n) is 13.8. The Hall–Kier alpha value is -3.08. The molecule has 0 radical (unpaired) electrons. The van der Waals surface area contributed by atoms with Gasteiger partial charge in [-0.3, -0.25) is 9.48 Å². The Kier molecular flexibility index (Phi) is 4.21. The Labute approximate surface area is 146 Å². The molecule has 2 aromatic carbocycles. The van der Waals surface area contributed by atoms with Gasteiger partial charge in [-0.2, -0.15) is 5.10 Å². The first-order chi connectivity index (χ1) is 12.3. The number of aryl methyl sites for hydroxylation is 1. The lowest BCUT2D eigenvalue weighted by Gasteiger charge is -2.17. The van der Waals surface area contributed by atoms with E-state index in [0.29, 0.717) is 19.6 Å². The molecule has 0 fully saturated rings. The number of aromatic nitrogens is 2. The van der Waals surface area contributed by atoms with Gasteiger partial charge in [-0.05, 0) is 36.2 Å². The summed E-state index contributed by atoms with van der Waals surface area (Å²) in [5, 5.41) is 7.46. The third kappa shape index (κ3) is 3.55. The van der Waals surface area contributed by atoms with Crippen molar-refractivity contribution in [3.05, 3.63) is 66.4 Å². The fraction of sp³-hybridized carbons (Fsp3) is 0.200. The first-order valence-corrected chi connectivity index (χ1v) is 8.42. The zero-order chi connectivity index (χ0) is 17.1. The van der Waals surface area contributed by atoms with Crippen LogP contribution in [0.25, 0.3) is 11.3 Å². The summed E-state index contributed by atoms with van der Waals surface area (Å²) in [5.74, 6) is 0.902. The molecule has 1 amide bonds. The molecule has 5 nitrogen and oxygen atoms in total. The van der Waals surface area contributed by atoms with Crippen molar-refractivity contribution < 1.29 is 9.53 Å². The van der Waals surface area contributed by atoms with Crippen LogP contribution in [0.4, 0.5) is 5.69 Å². The molecular formula is C20H19N3O2. The van der Waals surface area contributed by atoms with E-state index in [0.717, 1.165) is 34.7 Å². The Bertz CT molecular complexity index is 887. The number of benzene rings is 2. The molecule has 0 spiro atoms. The number of hydrogen-bond acceptors (Lipinski definition) is 3. The summed E-state index contributed by atoms with van der Waals surface area (Å²) >= 11 is 0. The van der Waals surface area contributed by atoms with Crippen LogP contribution in [0.5, 0.6) is 5.75 Å². The SMILES string of the molecule is O=C1CCc2cc(OCCn3ccc(-c4ccccc4)n3)ccc2N1. The van der Waals surface area contributed by atoms with Crippen LogP contribution >= 0.6 is 0 Å². The van der Waals surface area contributed by atoms with Crippen LogP contribution in [-0.4, -0.2) is 22.3 Å². The van der Waals surface area contributed by atoms with Gasteiger partial charge in [-0.15, -0.1) is 0 Å². The monoisotopic (exact) mass is 333 g/mol. The molecular weight excluding hydrogens is 314 g/mol. The highest BCUT2D eigenvalue weighted by atomic mass is 16.5. The molecule has 5 heteroatoms. The van der Waals surface area contributed by atoms with Gasteiger partial charge in [0.25, 0.3) is 0 Å². The van der Waals surface area contributed by atoms with E-state index in [1.165, 1.54) is 0 Å². The van der Waals surface area contributed by atoms with E-state index in [1.807, 2.05) is 53.3 Å². The van der Waals surface area contributed by atoms with Crippen molar-refractivity contribution in [2.45, 2.75) is 19.4 Å². The smallest absolute Gasteiger partial charge is 0.224 e. The van der Waals surface area contributed by atoms with E-state index in [9.17, 15) is 4.79 Å². The highest BCUT2D eigenvalue weighted by Gasteiger charge is 2.15. The average molecular weight is 333 g/mol. The van der Waals surface area contributed by atoms with Crippen LogP contribution in [0.2, 0.25) is 0 Å². The first-order valence-electron chi connectivity index (χ1n) is 8.42. The molecule has 3 aromatic rings. The number of nitrogens with one attached hydrogen (secondary N) is 1. The summed E-state index contributed by atoms with van der Waals surface area (Å²) < 4.78 is 7.73. The number of amides is 1. The van der Waals surface area contributed by atoms with Gasteiger partial charge in [-0.1, -0.05) is 30.3 Å². The lowest BCUT2D eigenvalue weighted by molar-refractivity contribution is -0.116. The number of fused-ring (bicyclic) bond motifs is 1. The molecule has 1 aliphatic rings. The quantitative estimate of drug-likeness (QED) is 0.777. The van der Waals surface area contributed by atoms with Crippen molar-refractivity contribution in [2.75, 3.05) is 11.9 Å². The first kappa shape index (κ1) is 15.4. The number of ether oxygens (including phenoxy) is 1. The number of carbonyl (C=O) groups is 1. The largest absolute Gasteiger partial charge is 0.492 e. The van der Waals surface area contributed by atoms with Crippen molar-refractivity contribution in [2.24, 2.45) is 0 Å². The van der Waals surface area contributed by atoms with Crippen molar-refractivity contribution >= 4 is 11.6 Å². The summed E-state index contributed by atoms with van der Waals surface area (Å²) in [6, 6.07) is 17.9.